The van der Waals surface area contributed by atoms with Crippen molar-refractivity contribution >= 4 is 70.6 Å². The van der Waals surface area contributed by atoms with Gasteiger partial charge in [-0.15, -0.1) is 23.1 Å². The molecule has 0 bridgehead atoms. The van der Waals surface area contributed by atoms with Crippen LogP contribution in [0.3, 0.4) is 0 Å². The number of aromatic nitrogens is 2. The second-order valence-electron chi connectivity index (χ2n) is 9.30. The standard InChI is InChI=1S/C24H24N8O8S3/c1-2-12-5-6-15(32(40)28-12)42-9-11-10-43-21-17(20(35)31(21)18(11)22(36)37)26-19(34)16(13-4-3-7-41-13)27-23(38)29-30-8-14(33)25-24(30)39/h3-7,16-17,21H,2,8-10H2,1H3,(H,26,34)(H,36,37)(H,25,33,39)(H2,27,29,38)/t16?,17-,21?/m0/s1. The van der Waals surface area contributed by atoms with Crippen molar-refractivity contribution in [2.24, 2.45) is 0 Å². The molecule has 226 valence electrons. The minimum atomic E-state index is -1.31. The molecule has 2 fully saturated rings. The number of fused-ring (bicyclic) bond motifs is 1. The molecule has 3 aliphatic rings. The van der Waals surface area contributed by atoms with Crippen LogP contribution in [0.4, 0.5) is 9.59 Å². The summed E-state index contributed by atoms with van der Waals surface area (Å²) in [5, 5.41) is 35.2. The van der Waals surface area contributed by atoms with Crippen molar-refractivity contribution in [2.45, 2.75) is 35.8 Å². The van der Waals surface area contributed by atoms with Crippen molar-refractivity contribution in [3.05, 3.63) is 56.7 Å². The molecule has 0 aliphatic carbocycles. The first kappa shape index (κ1) is 30.1. The van der Waals surface area contributed by atoms with Crippen molar-refractivity contribution in [1.82, 2.24) is 36.4 Å². The van der Waals surface area contributed by atoms with E-state index in [2.05, 4.69) is 21.2 Å². The average molecular weight is 649 g/mol. The number of urea groups is 2. The van der Waals surface area contributed by atoms with E-state index >= 15 is 0 Å². The lowest BCUT2D eigenvalue weighted by molar-refractivity contribution is -0.707. The second kappa shape index (κ2) is 12.5. The first-order chi connectivity index (χ1) is 20.6. The van der Waals surface area contributed by atoms with Crippen LogP contribution in [0.1, 0.15) is 23.5 Å². The summed E-state index contributed by atoms with van der Waals surface area (Å²) in [5.41, 5.74) is 3.05. The summed E-state index contributed by atoms with van der Waals surface area (Å²) in [6.45, 7) is 1.47. The molecule has 2 saturated heterocycles. The molecule has 5 N–H and O–H groups in total. The molecule has 5 rings (SSSR count). The average Bonchev–Trinajstić information content (AvgIpc) is 3.62. The fourth-order valence-corrected chi connectivity index (χ4v) is 7.58. The fourth-order valence-electron chi connectivity index (χ4n) is 4.45. The molecule has 19 heteroatoms. The zero-order valence-electron chi connectivity index (χ0n) is 22.3. The molecular formula is C24H24N8O8S3. The molecule has 0 spiro atoms. The summed E-state index contributed by atoms with van der Waals surface area (Å²) in [5.74, 6) is -2.92. The Bertz CT molecular complexity index is 1530. The third-order valence-electron chi connectivity index (χ3n) is 6.53. The van der Waals surface area contributed by atoms with Gasteiger partial charge in [0.2, 0.25) is 11.8 Å². The number of imide groups is 1. The predicted octanol–water partition coefficient (Wildman–Crippen LogP) is -0.323. The minimum Gasteiger partial charge on any atom is -0.593 e. The molecule has 3 atom stereocenters. The highest BCUT2D eigenvalue weighted by molar-refractivity contribution is 8.01. The van der Waals surface area contributed by atoms with Gasteiger partial charge in [0.05, 0.1) is 0 Å². The number of thioether (sulfide) groups is 2. The van der Waals surface area contributed by atoms with Crippen LogP contribution in [0.5, 0.6) is 0 Å². The maximum atomic E-state index is 13.3. The Kier molecular flexibility index (Phi) is 8.74. The van der Waals surface area contributed by atoms with Crippen molar-refractivity contribution in [3.63, 3.8) is 0 Å². The molecule has 43 heavy (non-hydrogen) atoms. The molecule has 3 aliphatic heterocycles. The van der Waals surface area contributed by atoms with Crippen molar-refractivity contribution < 1.29 is 38.7 Å². The van der Waals surface area contributed by atoms with Gasteiger partial charge in [0.25, 0.3) is 10.9 Å². The van der Waals surface area contributed by atoms with E-state index in [1.165, 1.54) is 23.1 Å². The van der Waals surface area contributed by atoms with Crippen LogP contribution in [0.2, 0.25) is 0 Å². The van der Waals surface area contributed by atoms with E-state index in [9.17, 15) is 39.1 Å². The number of carboxylic acids is 1. The molecule has 0 saturated carbocycles. The summed E-state index contributed by atoms with van der Waals surface area (Å²) in [7, 11) is 0. The van der Waals surface area contributed by atoms with Crippen molar-refractivity contribution in [3.8, 4) is 0 Å². The molecule has 5 heterocycles. The van der Waals surface area contributed by atoms with Gasteiger partial charge >= 0.3 is 18.0 Å². The zero-order valence-corrected chi connectivity index (χ0v) is 24.7. The fraction of sp³-hybridized carbons (Fsp3) is 0.333. The highest BCUT2D eigenvalue weighted by Gasteiger charge is 2.54. The van der Waals surface area contributed by atoms with E-state index in [0.717, 1.165) is 21.7 Å². The number of nitrogens with one attached hydrogen (secondary N) is 4. The largest absolute Gasteiger partial charge is 0.593 e. The number of nitrogens with zero attached hydrogens (tertiary/aromatic N) is 4. The van der Waals surface area contributed by atoms with Gasteiger partial charge in [-0.2, -0.15) is 0 Å². The Balaban J connectivity index is 1.26. The number of rotatable bonds is 10. The predicted molar refractivity (Wildman–Crippen MR) is 152 cm³/mol. The van der Waals surface area contributed by atoms with Crippen LogP contribution in [-0.4, -0.2) is 85.3 Å². The zero-order chi connectivity index (χ0) is 30.8. The van der Waals surface area contributed by atoms with Gasteiger partial charge in [0, 0.05) is 27.5 Å². The highest BCUT2D eigenvalue weighted by atomic mass is 32.2. The Morgan fingerprint density at radius 2 is 2.07 bits per heavy atom. The van der Waals surface area contributed by atoms with E-state index in [1.54, 1.807) is 29.6 Å². The normalized spacial score (nSPS) is 20.3. The van der Waals surface area contributed by atoms with Gasteiger partial charge in [-0.05, 0) is 46.1 Å². The van der Waals surface area contributed by atoms with Crippen LogP contribution >= 0.6 is 34.9 Å². The molecule has 2 aromatic rings. The molecule has 7 amide bonds. The van der Waals surface area contributed by atoms with Gasteiger partial charge in [-0.25, -0.2) is 24.8 Å². The van der Waals surface area contributed by atoms with Crippen LogP contribution < -0.4 is 26.2 Å². The third kappa shape index (κ3) is 6.22. The van der Waals surface area contributed by atoms with Crippen molar-refractivity contribution in [1.29, 1.82) is 0 Å². The number of β-lactam (4-membered cyclic amide) rings is 1. The first-order valence-corrected chi connectivity index (χ1v) is 15.6. The maximum Gasteiger partial charge on any atom is 0.352 e. The highest BCUT2D eigenvalue weighted by Crippen LogP contribution is 2.41. The number of amides is 7. The molecule has 16 nitrogen and oxygen atoms in total. The van der Waals surface area contributed by atoms with E-state index in [4.69, 9.17) is 0 Å². The lowest BCUT2D eigenvalue weighted by Crippen LogP contribution is -2.71. The minimum absolute atomic E-state index is 0.137. The summed E-state index contributed by atoms with van der Waals surface area (Å²) in [4.78, 5) is 76.5. The van der Waals surface area contributed by atoms with Crippen LogP contribution in [0.15, 0.2) is 45.9 Å². The summed E-state index contributed by atoms with van der Waals surface area (Å²) in [6.07, 6.45) is 0.588. The van der Waals surface area contributed by atoms with E-state index < -0.39 is 59.8 Å². The SMILES string of the molecule is CCc1ccc(SCC2=C(C(=O)O)N3C(=O)[C@H](NC(=O)C(NC(=O)NN4CC(=O)NC4=O)c4cccs4)C3SC2)[n+]([O-])n1. The van der Waals surface area contributed by atoms with E-state index in [1.807, 2.05) is 12.2 Å². The Morgan fingerprint density at radius 3 is 2.70 bits per heavy atom. The van der Waals surface area contributed by atoms with Gasteiger partial charge in [-0.3, -0.25) is 24.6 Å². The van der Waals surface area contributed by atoms with Crippen LogP contribution in [0, 0.1) is 5.21 Å². The number of aliphatic carboxylic acids is 1. The molecule has 2 aromatic heterocycles. The molecule has 2 unspecified atom stereocenters. The smallest absolute Gasteiger partial charge is 0.352 e. The van der Waals surface area contributed by atoms with Gasteiger partial charge in [0.1, 0.15) is 35.4 Å². The topological polar surface area (TPSA) is 217 Å². The van der Waals surface area contributed by atoms with Crippen molar-refractivity contribution in [2.75, 3.05) is 18.1 Å². The molecule has 0 radical (unpaired) electrons. The number of thiophene rings is 1. The first-order valence-electron chi connectivity index (χ1n) is 12.7. The quantitative estimate of drug-likeness (QED) is 0.0739. The maximum absolute atomic E-state index is 13.3. The van der Waals surface area contributed by atoms with Crippen LogP contribution in [-0.2, 0) is 25.6 Å². The second-order valence-corrected chi connectivity index (χ2v) is 12.4. The van der Waals surface area contributed by atoms with Gasteiger partial charge in [-0.1, -0.05) is 13.0 Å². The Labute approximate surface area is 255 Å². The molecular weight excluding hydrogens is 625 g/mol. The third-order valence-corrected chi connectivity index (χ3v) is 9.88. The lowest BCUT2D eigenvalue weighted by atomic mass is 10.0. The number of hydrazine groups is 1. The number of aryl methyl sites for hydroxylation is 1. The summed E-state index contributed by atoms with van der Waals surface area (Å²) in [6, 6.07) is 2.49. The van der Waals surface area contributed by atoms with Gasteiger partial charge < -0.3 is 20.9 Å². The van der Waals surface area contributed by atoms with E-state index in [-0.39, 0.29) is 22.2 Å². The Hall–Kier alpha value is -4.36. The Morgan fingerprint density at radius 1 is 1.28 bits per heavy atom. The number of hydrogen-bond donors (Lipinski definition) is 5. The number of carboxylic acid groups (broad SMARTS) is 1. The monoisotopic (exact) mass is 648 g/mol. The number of carbonyl (C=O) groups excluding carboxylic acids is 5. The summed E-state index contributed by atoms with van der Waals surface area (Å²) < 4.78 is 0. The van der Waals surface area contributed by atoms with E-state index in [0.29, 0.717) is 27.4 Å². The number of hydrogen-bond acceptors (Lipinski definition) is 11. The summed E-state index contributed by atoms with van der Waals surface area (Å²) >= 11 is 3.53. The molecule has 0 aromatic carbocycles. The number of carbonyl (C=O) groups is 6. The van der Waals surface area contributed by atoms with Crippen LogP contribution in [0.25, 0.3) is 0 Å². The lowest BCUT2D eigenvalue weighted by Gasteiger charge is -2.49. The van der Waals surface area contributed by atoms with Gasteiger partial charge in [0.15, 0.2) is 0 Å².